The summed E-state index contributed by atoms with van der Waals surface area (Å²) in [5.74, 6) is -0.371. The zero-order chi connectivity index (χ0) is 13.1. The molecular formula is C12H21N3O3. The highest BCUT2D eigenvalue weighted by Gasteiger charge is 2.34. The van der Waals surface area contributed by atoms with Crippen LogP contribution in [0.2, 0.25) is 0 Å². The van der Waals surface area contributed by atoms with Gasteiger partial charge in [0.2, 0.25) is 11.8 Å². The summed E-state index contributed by atoms with van der Waals surface area (Å²) in [4.78, 5) is 27.3. The molecular weight excluding hydrogens is 234 g/mol. The van der Waals surface area contributed by atoms with Gasteiger partial charge in [-0.2, -0.15) is 0 Å². The first-order valence-electron chi connectivity index (χ1n) is 6.45. The van der Waals surface area contributed by atoms with Gasteiger partial charge < -0.3 is 20.3 Å². The average Bonchev–Trinajstić information content (AvgIpc) is 2.98. The van der Waals surface area contributed by atoms with Crippen molar-refractivity contribution in [3.63, 3.8) is 0 Å². The Balaban J connectivity index is 1.84. The summed E-state index contributed by atoms with van der Waals surface area (Å²) in [6, 6.07) is -0.248. The summed E-state index contributed by atoms with van der Waals surface area (Å²) in [5.41, 5.74) is 5.80. The van der Waals surface area contributed by atoms with Crippen LogP contribution >= 0.6 is 0 Å². The number of rotatable bonds is 3. The maximum Gasteiger partial charge on any atom is 0.242 e. The van der Waals surface area contributed by atoms with E-state index in [9.17, 15) is 9.59 Å². The number of hydrogen-bond donors (Lipinski definition) is 1. The molecule has 0 aliphatic carbocycles. The zero-order valence-electron chi connectivity index (χ0n) is 10.8. The molecule has 2 rings (SSSR count). The number of amides is 2. The van der Waals surface area contributed by atoms with Gasteiger partial charge in [0.05, 0.1) is 25.7 Å². The molecule has 6 heteroatoms. The Morgan fingerprint density at radius 2 is 2.00 bits per heavy atom. The minimum Gasteiger partial charge on any atom is -0.379 e. The van der Waals surface area contributed by atoms with Crippen molar-refractivity contribution >= 4 is 11.8 Å². The van der Waals surface area contributed by atoms with Crippen LogP contribution in [0.25, 0.3) is 0 Å². The van der Waals surface area contributed by atoms with Gasteiger partial charge in [0, 0.05) is 26.2 Å². The highest BCUT2D eigenvalue weighted by atomic mass is 16.5. The molecule has 0 aromatic heterocycles. The van der Waals surface area contributed by atoms with Gasteiger partial charge in [-0.15, -0.1) is 0 Å². The molecule has 2 fully saturated rings. The Hall–Kier alpha value is -1.14. The molecule has 0 aromatic carbocycles. The fraction of sp³-hybridized carbons (Fsp3) is 0.833. The lowest BCUT2D eigenvalue weighted by Crippen LogP contribution is -2.46. The van der Waals surface area contributed by atoms with Crippen LogP contribution in [0.1, 0.15) is 12.8 Å². The molecule has 2 saturated heterocycles. The Bertz CT molecular complexity index is 329. The van der Waals surface area contributed by atoms with Crippen molar-refractivity contribution in [2.75, 3.05) is 39.9 Å². The number of likely N-dealkylation sites (N-methyl/N-ethyl adjacent to an activating group) is 1. The van der Waals surface area contributed by atoms with E-state index in [2.05, 4.69) is 0 Å². The maximum absolute atomic E-state index is 12.1. The molecule has 0 saturated carbocycles. The Kier molecular flexibility index (Phi) is 4.19. The average molecular weight is 255 g/mol. The molecule has 2 heterocycles. The fourth-order valence-corrected chi connectivity index (χ4v) is 2.46. The van der Waals surface area contributed by atoms with E-state index in [0.29, 0.717) is 13.2 Å². The standard InChI is InChI=1S/C12H21N3O3/c1-14(6-11(16)15-4-2-3-5-15)12(17)9-7-18-8-10(9)13/h9-10H,2-8,13H2,1H3. The second-order valence-electron chi connectivity index (χ2n) is 5.09. The van der Waals surface area contributed by atoms with Gasteiger partial charge in [-0.05, 0) is 12.8 Å². The smallest absolute Gasteiger partial charge is 0.242 e. The molecule has 0 radical (unpaired) electrons. The van der Waals surface area contributed by atoms with Crippen LogP contribution in [-0.4, -0.2) is 67.6 Å². The number of nitrogens with two attached hydrogens (primary N) is 1. The number of nitrogens with zero attached hydrogens (tertiary/aromatic N) is 2. The lowest BCUT2D eigenvalue weighted by atomic mass is 10.0. The lowest BCUT2D eigenvalue weighted by Gasteiger charge is -2.24. The van der Waals surface area contributed by atoms with Crippen LogP contribution < -0.4 is 5.73 Å². The van der Waals surface area contributed by atoms with Crippen molar-refractivity contribution < 1.29 is 14.3 Å². The third-order valence-corrected chi connectivity index (χ3v) is 3.65. The normalized spacial score (nSPS) is 27.6. The molecule has 2 N–H and O–H groups in total. The summed E-state index contributed by atoms with van der Waals surface area (Å²) in [6.45, 7) is 2.55. The van der Waals surface area contributed by atoms with E-state index in [0.717, 1.165) is 25.9 Å². The molecule has 2 aliphatic rings. The predicted molar refractivity (Wildman–Crippen MR) is 65.7 cm³/mol. The maximum atomic E-state index is 12.1. The summed E-state index contributed by atoms with van der Waals surface area (Å²) in [6.07, 6.45) is 2.12. The van der Waals surface area contributed by atoms with Gasteiger partial charge in [-0.1, -0.05) is 0 Å². The molecule has 0 aromatic rings. The quantitative estimate of drug-likeness (QED) is 0.705. The van der Waals surface area contributed by atoms with Gasteiger partial charge in [0.1, 0.15) is 0 Å². The molecule has 102 valence electrons. The molecule has 2 amide bonds. The van der Waals surface area contributed by atoms with E-state index in [-0.39, 0.29) is 30.3 Å². The summed E-state index contributed by atoms with van der Waals surface area (Å²) < 4.78 is 5.18. The summed E-state index contributed by atoms with van der Waals surface area (Å²) in [5, 5.41) is 0. The van der Waals surface area contributed by atoms with Crippen molar-refractivity contribution in [2.24, 2.45) is 11.7 Å². The highest BCUT2D eigenvalue weighted by molar-refractivity contribution is 5.86. The topological polar surface area (TPSA) is 75.9 Å². The molecule has 2 aliphatic heterocycles. The molecule has 6 nitrogen and oxygen atoms in total. The monoisotopic (exact) mass is 255 g/mol. The van der Waals surface area contributed by atoms with Crippen molar-refractivity contribution in [3.8, 4) is 0 Å². The van der Waals surface area contributed by atoms with Crippen LogP contribution in [0.3, 0.4) is 0 Å². The van der Waals surface area contributed by atoms with Crippen LogP contribution in [0, 0.1) is 5.92 Å². The van der Waals surface area contributed by atoms with E-state index in [1.807, 2.05) is 4.90 Å². The van der Waals surface area contributed by atoms with Gasteiger partial charge in [-0.25, -0.2) is 0 Å². The molecule has 18 heavy (non-hydrogen) atoms. The summed E-state index contributed by atoms with van der Waals surface area (Å²) >= 11 is 0. The molecule has 2 unspecified atom stereocenters. The SMILES string of the molecule is CN(CC(=O)N1CCCC1)C(=O)C1COCC1N. The second-order valence-corrected chi connectivity index (χ2v) is 5.09. The molecule has 2 atom stereocenters. The van der Waals surface area contributed by atoms with E-state index < -0.39 is 0 Å². The van der Waals surface area contributed by atoms with Crippen molar-refractivity contribution in [1.29, 1.82) is 0 Å². The number of likely N-dealkylation sites (tertiary alicyclic amines) is 1. The van der Waals surface area contributed by atoms with E-state index >= 15 is 0 Å². The number of hydrogen-bond acceptors (Lipinski definition) is 4. The highest BCUT2D eigenvalue weighted by Crippen LogP contribution is 2.15. The number of carbonyl (C=O) groups excluding carboxylic acids is 2. The third kappa shape index (κ3) is 2.81. The van der Waals surface area contributed by atoms with Crippen molar-refractivity contribution in [3.05, 3.63) is 0 Å². The van der Waals surface area contributed by atoms with Gasteiger partial charge in [0.15, 0.2) is 0 Å². The summed E-state index contributed by atoms with van der Waals surface area (Å²) in [7, 11) is 1.65. The largest absolute Gasteiger partial charge is 0.379 e. The van der Waals surface area contributed by atoms with E-state index in [1.54, 1.807) is 7.05 Å². The third-order valence-electron chi connectivity index (χ3n) is 3.65. The zero-order valence-corrected chi connectivity index (χ0v) is 10.8. The molecule has 0 bridgehead atoms. The second kappa shape index (κ2) is 5.67. The van der Waals surface area contributed by atoms with Crippen LogP contribution in [0.4, 0.5) is 0 Å². The molecule has 0 spiro atoms. The lowest BCUT2D eigenvalue weighted by molar-refractivity contribution is -0.141. The predicted octanol–water partition coefficient (Wildman–Crippen LogP) is -0.959. The number of carbonyl (C=O) groups is 2. The van der Waals surface area contributed by atoms with Crippen LogP contribution in [-0.2, 0) is 14.3 Å². The Labute approximate surface area is 107 Å². The van der Waals surface area contributed by atoms with E-state index in [1.165, 1.54) is 4.90 Å². The Morgan fingerprint density at radius 3 is 2.56 bits per heavy atom. The first-order chi connectivity index (χ1) is 8.59. The minimum absolute atomic E-state index is 0.0239. The minimum atomic E-state index is -0.304. The van der Waals surface area contributed by atoms with E-state index in [4.69, 9.17) is 10.5 Å². The Morgan fingerprint density at radius 1 is 1.33 bits per heavy atom. The first-order valence-corrected chi connectivity index (χ1v) is 6.45. The van der Waals surface area contributed by atoms with Gasteiger partial charge >= 0.3 is 0 Å². The van der Waals surface area contributed by atoms with Crippen molar-refractivity contribution in [2.45, 2.75) is 18.9 Å². The van der Waals surface area contributed by atoms with Gasteiger partial charge in [-0.3, -0.25) is 9.59 Å². The van der Waals surface area contributed by atoms with Crippen LogP contribution in [0.5, 0.6) is 0 Å². The first kappa shape index (κ1) is 13.3. The fourth-order valence-electron chi connectivity index (χ4n) is 2.46. The van der Waals surface area contributed by atoms with Crippen molar-refractivity contribution in [1.82, 2.24) is 9.80 Å². The van der Waals surface area contributed by atoms with Crippen LogP contribution in [0.15, 0.2) is 0 Å². The number of ether oxygens (including phenoxy) is 1. The van der Waals surface area contributed by atoms with Gasteiger partial charge in [0.25, 0.3) is 0 Å².